The fraction of sp³-hybridized carbons (Fsp3) is 0.200. The molecule has 2 aromatic carbocycles. The average molecular weight is 380 g/mol. The number of nitrogens with one attached hydrogen (secondary N) is 2. The number of rotatable bonds is 7. The summed E-state index contributed by atoms with van der Waals surface area (Å²) in [6.45, 7) is -0.235. The quantitative estimate of drug-likeness (QED) is 0.638. The highest BCUT2D eigenvalue weighted by Crippen LogP contribution is 2.08. The van der Waals surface area contributed by atoms with Crippen LogP contribution in [0, 0.1) is 0 Å². The van der Waals surface area contributed by atoms with E-state index >= 15 is 0 Å². The van der Waals surface area contributed by atoms with Crippen molar-refractivity contribution >= 4 is 22.7 Å². The Kier molecular flexibility index (Phi) is 6.01. The van der Waals surface area contributed by atoms with Crippen LogP contribution in [0.1, 0.15) is 5.82 Å². The molecule has 0 aliphatic rings. The zero-order valence-electron chi connectivity index (χ0n) is 15.3. The fourth-order valence-electron chi connectivity index (χ4n) is 2.55. The molecule has 0 aliphatic carbocycles. The Balaban J connectivity index is 1.50. The topological polar surface area (TPSA) is 104 Å². The summed E-state index contributed by atoms with van der Waals surface area (Å²) in [7, 11) is 1.57. The number of nitrogens with zero attached hydrogens (tertiary/aromatic N) is 2. The van der Waals surface area contributed by atoms with Gasteiger partial charge >= 0.3 is 0 Å². The van der Waals surface area contributed by atoms with Crippen molar-refractivity contribution < 1.29 is 14.3 Å². The van der Waals surface area contributed by atoms with Gasteiger partial charge in [-0.3, -0.25) is 14.4 Å². The highest BCUT2D eigenvalue weighted by atomic mass is 16.5. The van der Waals surface area contributed by atoms with Crippen LogP contribution in [0.3, 0.4) is 0 Å². The molecule has 8 nitrogen and oxygen atoms in total. The van der Waals surface area contributed by atoms with E-state index in [1.165, 1.54) is 4.90 Å². The Bertz CT molecular complexity index is 1030. The van der Waals surface area contributed by atoms with Gasteiger partial charge in [0.1, 0.15) is 11.6 Å². The lowest BCUT2D eigenvalue weighted by Crippen LogP contribution is -2.40. The normalized spacial score (nSPS) is 10.5. The Morgan fingerprint density at radius 2 is 1.82 bits per heavy atom. The van der Waals surface area contributed by atoms with E-state index in [1.807, 2.05) is 6.07 Å². The molecule has 3 rings (SSSR count). The van der Waals surface area contributed by atoms with Gasteiger partial charge in [-0.2, -0.15) is 0 Å². The van der Waals surface area contributed by atoms with Crippen molar-refractivity contribution in [3.63, 3.8) is 0 Å². The first-order valence-electron chi connectivity index (χ1n) is 8.69. The summed E-state index contributed by atoms with van der Waals surface area (Å²) in [5, 5.41) is 3.00. The number of fused-ring (bicyclic) bond motifs is 1. The second-order valence-electron chi connectivity index (χ2n) is 6.16. The Hall–Kier alpha value is -3.68. The third kappa shape index (κ3) is 4.94. The maximum atomic E-state index is 12.2. The van der Waals surface area contributed by atoms with Crippen molar-refractivity contribution in [3.05, 3.63) is 70.8 Å². The molecule has 1 aromatic heterocycles. The lowest BCUT2D eigenvalue weighted by molar-refractivity contribution is -0.132. The molecule has 2 N–H and O–H groups in total. The maximum absolute atomic E-state index is 12.2. The molecule has 0 spiro atoms. The van der Waals surface area contributed by atoms with Crippen molar-refractivity contribution in [2.45, 2.75) is 6.54 Å². The average Bonchev–Trinajstić information content (AvgIpc) is 2.71. The minimum Gasteiger partial charge on any atom is -0.484 e. The van der Waals surface area contributed by atoms with Crippen LogP contribution < -0.4 is 15.6 Å². The standard InChI is InChI=1S/C20H20N4O4/c1-24(12-17-22-16-10-6-5-9-15(16)20(27)23-17)19(26)11-21-18(25)13-28-14-7-3-2-4-8-14/h2-10H,11-13H2,1H3,(H,21,25)(H,22,23,27). The SMILES string of the molecule is CN(Cc1nc2ccccc2c(=O)[nH]1)C(=O)CNC(=O)COc1ccccc1. The van der Waals surface area contributed by atoms with E-state index in [-0.39, 0.29) is 31.2 Å². The molecule has 8 heteroatoms. The minimum atomic E-state index is -0.400. The van der Waals surface area contributed by atoms with Crippen LogP contribution in [-0.2, 0) is 16.1 Å². The van der Waals surface area contributed by atoms with Crippen LogP contribution in [0.2, 0.25) is 0 Å². The number of H-pyrrole nitrogens is 1. The van der Waals surface area contributed by atoms with Gasteiger partial charge in [-0.15, -0.1) is 0 Å². The number of carbonyl (C=O) groups is 2. The van der Waals surface area contributed by atoms with Gasteiger partial charge in [0, 0.05) is 7.05 Å². The molecule has 144 valence electrons. The fourth-order valence-corrected chi connectivity index (χ4v) is 2.55. The highest BCUT2D eigenvalue weighted by molar-refractivity contribution is 5.85. The van der Waals surface area contributed by atoms with Crippen LogP contribution in [0.4, 0.5) is 0 Å². The number of hydrogen-bond donors (Lipinski definition) is 2. The lowest BCUT2D eigenvalue weighted by atomic mass is 10.2. The number of carbonyl (C=O) groups excluding carboxylic acids is 2. The van der Waals surface area contributed by atoms with Gasteiger partial charge in [-0.05, 0) is 24.3 Å². The first-order chi connectivity index (χ1) is 13.5. The smallest absolute Gasteiger partial charge is 0.258 e. The molecule has 0 unspecified atom stereocenters. The zero-order chi connectivity index (χ0) is 19.9. The lowest BCUT2D eigenvalue weighted by Gasteiger charge is -2.17. The molecule has 28 heavy (non-hydrogen) atoms. The van der Waals surface area contributed by atoms with Crippen molar-refractivity contribution in [2.24, 2.45) is 0 Å². The molecule has 2 amide bonds. The van der Waals surface area contributed by atoms with Gasteiger partial charge in [0.15, 0.2) is 6.61 Å². The number of ether oxygens (including phenoxy) is 1. The summed E-state index contributed by atoms with van der Waals surface area (Å²) < 4.78 is 5.32. The monoisotopic (exact) mass is 380 g/mol. The molecule has 0 radical (unpaired) electrons. The molecular formula is C20H20N4O4. The molecular weight excluding hydrogens is 360 g/mol. The molecule has 0 fully saturated rings. The van der Waals surface area contributed by atoms with Crippen LogP contribution in [-0.4, -0.2) is 46.9 Å². The minimum absolute atomic E-state index is 0.120. The Morgan fingerprint density at radius 3 is 2.61 bits per heavy atom. The Morgan fingerprint density at radius 1 is 1.11 bits per heavy atom. The Labute approximate surface area is 161 Å². The van der Waals surface area contributed by atoms with Crippen molar-refractivity contribution in [3.8, 4) is 5.75 Å². The highest BCUT2D eigenvalue weighted by Gasteiger charge is 2.13. The number of aromatic nitrogens is 2. The second kappa shape index (κ2) is 8.81. The largest absolute Gasteiger partial charge is 0.484 e. The molecule has 0 atom stereocenters. The number of para-hydroxylation sites is 2. The van der Waals surface area contributed by atoms with Crippen LogP contribution >= 0.6 is 0 Å². The first kappa shape index (κ1) is 19.1. The van der Waals surface area contributed by atoms with E-state index < -0.39 is 5.91 Å². The predicted molar refractivity (Wildman–Crippen MR) is 104 cm³/mol. The number of benzene rings is 2. The van der Waals surface area contributed by atoms with E-state index in [0.29, 0.717) is 22.5 Å². The van der Waals surface area contributed by atoms with E-state index in [0.717, 1.165) is 0 Å². The second-order valence-corrected chi connectivity index (χ2v) is 6.16. The number of hydrogen-bond acceptors (Lipinski definition) is 5. The van der Waals surface area contributed by atoms with E-state index in [9.17, 15) is 14.4 Å². The third-order valence-electron chi connectivity index (χ3n) is 4.02. The van der Waals surface area contributed by atoms with Gasteiger partial charge in [-0.25, -0.2) is 4.98 Å². The van der Waals surface area contributed by atoms with Gasteiger partial charge < -0.3 is 19.9 Å². The molecule has 0 aliphatic heterocycles. The maximum Gasteiger partial charge on any atom is 0.258 e. The molecule has 3 aromatic rings. The van der Waals surface area contributed by atoms with E-state index in [4.69, 9.17) is 4.74 Å². The van der Waals surface area contributed by atoms with E-state index in [1.54, 1.807) is 55.6 Å². The summed E-state index contributed by atoms with van der Waals surface area (Å²) in [4.78, 5) is 44.5. The van der Waals surface area contributed by atoms with Gasteiger partial charge in [0.2, 0.25) is 5.91 Å². The molecule has 1 heterocycles. The summed E-state index contributed by atoms with van der Waals surface area (Å²) in [5.41, 5.74) is 0.307. The van der Waals surface area contributed by atoms with Crippen molar-refractivity contribution in [2.75, 3.05) is 20.2 Å². The third-order valence-corrected chi connectivity index (χ3v) is 4.02. The van der Waals surface area contributed by atoms with Crippen LogP contribution in [0.15, 0.2) is 59.4 Å². The summed E-state index contributed by atoms with van der Waals surface area (Å²) in [5.74, 6) is 0.234. The summed E-state index contributed by atoms with van der Waals surface area (Å²) in [6.07, 6.45) is 0. The van der Waals surface area contributed by atoms with Gasteiger partial charge in [0.05, 0.1) is 24.0 Å². The van der Waals surface area contributed by atoms with Crippen molar-refractivity contribution in [1.82, 2.24) is 20.2 Å². The molecule has 0 saturated heterocycles. The van der Waals surface area contributed by atoms with Crippen LogP contribution in [0.5, 0.6) is 5.75 Å². The first-order valence-corrected chi connectivity index (χ1v) is 8.69. The zero-order valence-corrected chi connectivity index (χ0v) is 15.3. The predicted octanol–water partition coefficient (Wildman–Crippen LogP) is 1.08. The molecule has 0 bridgehead atoms. The van der Waals surface area contributed by atoms with Crippen molar-refractivity contribution in [1.29, 1.82) is 0 Å². The van der Waals surface area contributed by atoms with E-state index in [2.05, 4.69) is 15.3 Å². The number of likely N-dealkylation sites (N-methyl/N-ethyl adjacent to an activating group) is 1. The molecule has 0 saturated carbocycles. The van der Waals surface area contributed by atoms with Gasteiger partial charge in [0.25, 0.3) is 11.5 Å². The number of aromatic amines is 1. The van der Waals surface area contributed by atoms with Gasteiger partial charge in [-0.1, -0.05) is 30.3 Å². The summed E-state index contributed by atoms with van der Waals surface area (Å²) >= 11 is 0. The van der Waals surface area contributed by atoms with Crippen LogP contribution in [0.25, 0.3) is 10.9 Å². The summed E-state index contributed by atoms with van der Waals surface area (Å²) in [6, 6.07) is 15.9. The number of amides is 2.